The Morgan fingerprint density at radius 2 is 1.72 bits per heavy atom. The summed E-state index contributed by atoms with van der Waals surface area (Å²) < 4.78 is 0. The summed E-state index contributed by atoms with van der Waals surface area (Å²) in [4.78, 5) is 20.5. The second-order valence-corrected chi connectivity index (χ2v) is 5.81. The van der Waals surface area contributed by atoms with Crippen molar-refractivity contribution in [2.45, 2.75) is 13.1 Å². The Bertz CT molecular complexity index is 855. The number of nitrogens with one attached hydrogen (secondary N) is 2. The third-order valence-electron chi connectivity index (χ3n) is 3.61. The van der Waals surface area contributed by atoms with E-state index in [1.54, 1.807) is 12.1 Å². The van der Waals surface area contributed by atoms with E-state index in [-0.39, 0.29) is 5.91 Å². The number of hydrogen-bond acceptors (Lipinski definition) is 4. The van der Waals surface area contributed by atoms with E-state index in [0.717, 1.165) is 11.1 Å². The number of nitrogens with zero attached hydrogens (tertiary/aromatic N) is 2. The van der Waals surface area contributed by atoms with Gasteiger partial charge in [0.05, 0.1) is 0 Å². The van der Waals surface area contributed by atoms with Crippen LogP contribution in [0, 0.1) is 0 Å². The van der Waals surface area contributed by atoms with E-state index >= 15 is 0 Å². The number of halogens is 1. The SMILES string of the molecule is O=C(NCc1ccccc1Cl)c1cc(NCc2ccccc2)ncn1. The van der Waals surface area contributed by atoms with Crippen LogP contribution in [0.1, 0.15) is 21.6 Å². The minimum Gasteiger partial charge on any atom is -0.366 e. The van der Waals surface area contributed by atoms with Crippen LogP contribution in [0.25, 0.3) is 0 Å². The Morgan fingerprint density at radius 3 is 2.52 bits per heavy atom. The van der Waals surface area contributed by atoms with Gasteiger partial charge in [-0.1, -0.05) is 60.1 Å². The van der Waals surface area contributed by atoms with Crippen molar-refractivity contribution in [3.05, 3.63) is 88.8 Å². The third kappa shape index (κ3) is 4.78. The van der Waals surface area contributed by atoms with Crippen molar-refractivity contribution in [2.24, 2.45) is 0 Å². The molecule has 2 N–H and O–H groups in total. The molecule has 6 heteroatoms. The topological polar surface area (TPSA) is 66.9 Å². The summed E-state index contributed by atoms with van der Waals surface area (Å²) >= 11 is 6.09. The zero-order chi connectivity index (χ0) is 17.5. The minimum absolute atomic E-state index is 0.273. The van der Waals surface area contributed by atoms with E-state index in [0.29, 0.717) is 29.6 Å². The van der Waals surface area contributed by atoms with Crippen molar-refractivity contribution in [1.29, 1.82) is 0 Å². The van der Waals surface area contributed by atoms with Gasteiger partial charge in [-0.2, -0.15) is 0 Å². The van der Waals surface area contributed by atoms with Crippen LogP contribution >= 0.6 is 11.6 Å². The molecule has 0 saturated heterocycles. The number of benzene rings is 2. The zero-order valence-electron chi connectivity index (χ0n) is 13.4. The van der Waals surface area contributed by atoms with Crippen molar-refractivity contribution in [2.75, 3.05) is 5.32 Å². The van der Waals surface area contributed by atoms with Gasteiger partial charge in [-0.15, -0.1) is 0 Å². The first-order valence-electron chi connectivity index (χ1n) is 7.84. The number of anilines is 1. The summed E-state index contributed by atoms with van der Waals surface area (Å²) in [6.45, 7) is 0.966. The van der Waals surface area contributed by atoms with Crippen LogP contribution in [0.3, 0.4) is 0 Å². The molecule has 1 heterocycles. The van der Waals surface area contributed by atoms with E-state index in [4.69, 9.17) is 11.6 Å². The lowest BCUT2D eigenvalue weighted by Crippen LogP contribution is -2.24. The summed E-state index contributed by atoms with van der Waals surface area (Å²) in [6.07, 6.45) is 1.37. The van der Waals surface area contributed by atoms with Crippen molar-refractivity contribution in [3.63, 3.8) is 0 Å². The fourth-order valence-electron chi connectivity index (χ4n) is 2.27. The maximum Gasteiger partial charge on any atom is 0.270 e. The average molecular weight is 353 g/mol. The lowest BCUT2D eigenvalue weighted by Gasteiger charge is -2.08. The normalized spacial score (nSPS) is 10.3. The molecule has 5 nitrogen and oxygen atoms in total. The Balaban J connectivity index is 1.60. The standard InChI is InChI=1S/C19H17ClN4O/c20-16-9-5-4-8-15(16)12-22-19(25)17-10-18(24-13-23-17)21-11-14-6-2-1-3-7-14/h1-10,13H,11-12H2,(H,22,25)(H,21,23,24). The first-order valence-corrected chi connectivity index (χ1v) is 8.21. The molecule has 0 saturated carbocycles. The van der Waals surface area contributed by atoms with Crippen LogP contribution in [-0.2, 0) is 13.1 Å². The molecule has 2 aromatic carbocycles. The molecule has 0 spiro atoms. The highest BCUT2D eigenvalue weighted by atomic mass is 35.5. The Hall–Kier alpha value is -2.92. The van der Waals surface area contributed by atoms with E-state index in [9.17, 15) is 4.79 Å². The summed E-state index contributed by atoms with van der Waals surface area (Å²) in [7, 11) is 0. The summed E-state index contributed by atoms with van der Waals surface area (Å²) in [6, 6.07) is 19.0. The fraction of sp³-hybridized carbons (Fsp3) is 0.105. The first-order chi connectivity index (χ1) is 12.2. The van der Waals surface area contributed by atoms with E-state index < -0.39 is 0 Å². The average Bonchev–Trinajstić information content (AvgIpc) is 2.66. The molecule has 0 bridgehead atoms. The molecule has 0 radical (unpaired) electrons. The molecular weight excluding hydrogens is 336 g/mol. The van der Waals surface area contributed by atoms with Gasteiger partial charge in [-0.25, -0.2) is 9.97 Å². The number of carbonyl (C=O) groups is 1. The van der Waals surface area contributed by atoms with E-state index in [2.05, 4.69) is 20.6 Å². The van der Waals surface area contributed by atoms with E-state index in [1.165, 1.54) is 6.33 Å². The van der Waals surface area contributed by atoms with Crippen LogP contribution in [-0.4, -0.2) is 15.9 Å². The van der Waals surface area contributed by atoms with Gasteiger partial charge in [0, 0.05) is 24.2 Å². The second kappa shape index (κ2) is 8.26. The molecule has 0 fully saturated rings. The Kier molecular flexibility index (Phi) is 5.59. The van der Waals surface area contributed by atoms with Gasteiger partial charge in [-0.05, 0) is 17.2 Å². The second-order valence-electron chi connectivity index (χ2n) is 5.40. The quantitative estimate of drug-likeness (QED) is 0.710. The van der Waals surface area contributed by atoms with Crippen LogP contribution in [0.15, 0.2) is 67.0 Å². The molecule has 126 valence electrons. The Morgan fingerprint density at radius 1 is 0.960 bits per heavy atom. The minimum atomic E-state index is -0.273. The van der Waals surface area contributed by atoms with Crippen molar-refractivity contribution in [3.8, 4) is 0 Å². The maximum atomic E-state index is 12.3. The zero-order valence-corrected chi connectivity index (χ0v) is 14.2. The molecule has 0 unspecified atom stereocenters. The molecule has 0 aliphatic heterocycles. The van der Waals surface area contributed by atoms with Gasteiger partial charge >= 0.3 is 0 Å². The number of rotatable bonds is 6. The molecule has 25 heavy (non-hydrogen) atoms. The van der Waals surface area contributed by atoms with Crippen molar-refractivity contribution < 1.29 is 4.79 Å². The van der Waals surface area contributed by atoms with Crippen LogP contribution in [0.5, 0.6) is 0 Å². The molecule has 1 amide bonds. The third-order valence-corrected chi connectivity index (χ3v) is 3.98. The van der Waals surface area contributed by atoms with Gasteiger partial charge < -0.3 is 10.6 Å². The number of amides is 1. The van der Waals surface area contributed by atoms with Gasteiger partial charge in [-0.3, -0.25) is 4.79 Å². The highest BCUT2D eigenvalue weighted by Gasteiger charge is 2.09. The number of hydrogen-bond donors (Lipinski definition) is 2. The van der Waals surface area contributed by atoms with Gasteiger partial charge in [0.15, 0.2) is 0 Å². The summed E-state index contributed by atoms with van der Waals surface area (Å²) in [5.74, 6) is 0.326. The van der Waals surface area contributed by atoms with Crippen LogP contribution in [0.4, 0.5) is 5.82 Å². The maximum absolute atomic E-state index is 12.3. The monoisotopic (exact) mass is 352 g/mol. The molecule has 3 rings (SSSR count). The summed E-state index contributed by atoms with van der Waals surface area (Å²) in [5.41, 5.74) is 2.29. The van der Waals surface area contributed by atoms with Gasteiger partial charge in [0.1, 0.15) is 17.8 Å². The fourth-order valence-corrected chi connectivity index (χ4v) is 2.48. The number of carbonyl (C=O) groups excluding carboxylic acids is 1. The summed E-state index contributed by atoms with van der Waals surface area (Å²) in [5, 5.41) is 6.62. The van der Waals surface area contributed by atoms with Crippen LogP contribution < -0.4 is 10.6 Å². The largest absolute Gasteiger partial charge is 0.366 e. The lowest BCUT2D eigenvalue weighted by molar-refractivity contribution is 0.0946. The smallest absolute Gasteiger partial charge is 0.270 e. The molecule has 0 aliphatic rings. The van der Waals surface area contributed by atoms with Crippen molar-refractivity contribution >= 4 is 23.3 Å². The molecule has 0 aliphatic carbocycles. The van der Waals surface area contributed by atoms with Gasteiger partial charge in [0.2, 0.25) is 0 Å². The van der Waals surface area contributed by atoms with E-state index in [1.807, 2.05) is 48.5 Å². The highest BCUT2D eigenvalue weighted by Crippen LogP contribution is 2.14. The first kappa shape index (κ1) is 16.9. The lowest BCUT2D eigenvalue weighted by atomic mass is 10.2. The molecule has 1 aromatic heterocycles. The number of aromatic nitrogens is 2. The van der Waals surface area contributed by atoms with Crippen molar-refractivity contribution in [1.82, 2.24) is 15.3 Å². The molecule has 0 atom stereocenters. The molecule has 3 aromatic rings. The van der Waals surface area contributed by atoms with Gasteiger partial charge in [0.25, 0.3) is 5.91 Å². The molecular formula is C19H17ClN4O. The predicted molar refractivity (Wildman–Crippen MR) is 98.4 cm³/mol. The Labute approximate surface area is 151 Å². The predicted octanol–water partition coefficient (Wildman–Crippen LogP) is 3.67. The van der Waals surface area contributed by atoms with Crippen LogP contribution in [0.2, 0.25) is 5.02 Å². The highest BCUT2D eigenvalue weighted by molar-refractivity contribution is 6.31.